The monoisotopic (exact) mass is 371 g/mol. The van der Waals surface area contributed by atoms with Crippen LogP contribution in [0.5, 0.6) is 0 Å². The molecule has 0 bridgehead atoms. The Bertz CT molecular complexity index is 771. The average molecular weight is 371 g/mol. The van der Waals surface area contributed by atoms with Crippen molar-refractivity contribution in [2.24, 2.45) is 11.8 Å². The number of esters is 2. The maximum atomic E-state index is 12.5. The van der Waals surface area contributed by atoms with Gasteiger partial charge in [-0.15, -0.1) is 0 Å². The molecule has 1 aliphatic heterocycles. The SMILES string of the molecule is COC(=O)c1ccc(COC(=O)[C@H](C)N2C(=O)[C@@H]3CC=CC[C@H]3C2=O)cc1. The Kier molecular flexibility index (Phi) is 5.39. The van der Waals surface area contributed by atoms with Crippen LogP contribution in [0, 0.1) is 11.8 Å². The van der Waals surface area contributed by atoms with Crippen LogP contribution in [-0.2, 0) is 30.5 Å². The van der Waals surface area contributed by atoms with Gasteiger partial charge in [-0.05, 0) is 37.5 Å². The molecular formula is C20H21NO6. The van der Waals surface area contributed by atoms with E-state index in [0.717, 1.165) is 4.90 Å². The molecule has 0 aromatic heterocycles. The highest BCUT2D eigenvalue weighted by Crippen LogP contribution is 2.36. The van der Waals surface area contributed by atoms with Gasteiger partial charge in [0.05, 0.1) is 24.5 Å². The van der Waals surface area contributed by atoms with Crippen molar-refractivity contribution in [3.05, 3.63) is 47.5 Å². The van der Waals surface area contributed by atoms with Crippen LogP contribution in [0.1, 0.15) is 35.7 Å². The quantitative estimate of drug-likeness (QED) is 0.446. The van der Waals surface area contributed by atoms with Crippen LogP contribution in [0.15, 0.2) is 36.4 Å². The van der Waals surface area contributed by atoms with Gasteiger partial charge < -0.3 is 9.47 Å². The molecule has 0 spiro atoms. The van der Waals surface area contributed by atoms with Crippen molar-refractivity contribution >= 4 is 23.8 Å². The van der Waals surface area contributed by atoms with Gasteiger partial charge in [-0.25, -0.2) is 9.59 Å². The number of nitrogens with zero attached hydrogens (tertiary/aromatic N) is 1. The molecule has 7 nitrogen and oxygen atoms in total. The van der Waals surface area contributed by atoms with Crippen LogP contribution >= 0.6 is 0 Å². The Morgan fingerprint density at radius 2 is 1.63 bits per heavy atom. The molecule has 1 aliphatic carbocycles. The molecule has 0 radical (unpaired) electrons. The van der Waals surface area contributed by atoms with E-state index in [1.165, 1.54) is 14.0 Å². The van der Waals surface area contributed by atoms with Gasteiger partial charge in [0.1, 0.15) is 12.6 Å². The summed E-state index contributed by atoms with van der Waals surface area (Å²) in [5.74, 6) is -2.44. The summed E-state index contributed by atoms with van der Waals surface area (Å²) in [6, 6.07) is 5.48. The molecule has 27 heavy (non-hydrogen) atoms. The molecule has 3 atom stereocenters. The topological polar surface area (TPSA) is 90.0 Å². The summed E-state index contributed by atoms with van der Waals surface area (Å²) in [5.41, 5.74) is 1.07. The van der Waals surface area contributed by atoms with Crippen LogP contribution in [0.3, 0.4) is 0 Å². The Morgan fingerprint density at radius 3 is 2.15 bits per heavy atom. The first-order valence-corrected chi connectivity index (χ1v) is 8.80. The largest absolute Gasteiger partial charge is 0.465 e. The molecule has 2 amide bonds. The van der Waals surface area contributed by atoms with Crippen molar-refractivity contribution in [3.63, 3.8) is 0 Å². The number of imide groups is 1. The first kappa shape index (κ1) is 18.8. The zero-order chi connectivity index (χ0) is 19.6. The predicted molar refractivity (Wildman–Crippen MR) is 94.2 cm³/mol. The highest BCUT2D eigenvalue weighted by molar-refractivity contribution is 6.08. The maximum absolute atomic E-state index is 12.5. The zero-order valence-electron chi connectivity index (χ0n) is 15.2. The third-order valence-corrected chi connectivity index (χ3v) is 5.03. The van der Waals surface area contributed by atoms with Crippen molar-refractivity contribution < 1.29 is 28.7 Å². The molecule has 1 saturated heterocycles. The molecule has 0 unspecified atom stereocenters. The normalized spacial score (nSPS) is 22.4. The van der Waals surface area contributed by atoms with E-state index in [0.29, 0.717) is 24.0 Å². The Balaban J connectivity index is 1.60. The van der Waals surface area contributed by atoms with Crippen molar-refractivity contribution in [3.8, 4) is 0 Å². The third-order valence-electron chi connectivity index (χ3n) is 5.03. The number of allylic oxidation sites excluding steroid dienone is 2. The lowest BCUT2D eigenvalue weighted by Crippen LogP contribution is -2.44. The van der Waals surface area contributed by atoms with E-state index in [1.54, 1.807) is 24.3 Å². The minimum absolute atomic E-state index is 0.0186. The van der Waals surface area contributed by atoms with Gasteiger partial charge in [0.2, 0.25) is 11.8 Å². The molecular weight excluding hydrogens is 350 g/mol. The molecule has 3 rings (SSSR count). The number of hydrogen-bond donors (Lipinski definition) is 0. The molecule has 7 heteroatoms. The number of hydrogen-bond acceptors (Lipinski definition) is 6. The molecule has 1 aromatic carbocycles. The average Bonchev–Trinajstić information content (AvgIpc) is 2.96. The summed E-state index contributed by atoms with van der Waals surface area (Å²) in [6.45, 7) is 1.48. The standard InChI is InChI=1S/C20H21NO6/c1-12(21-17(22)15-5-3-4-6-16(15)18(21)23)19(24)27-11-13-7-9-14(10-8-13)20(25)26-2/h3-4,7-10,12,15-16H,5-6,11H2,1-2H3/t12-,15+,16+/m0/s1. The van der Waals surface area contributed by atoms with Crippen LogP contribution in [0.4, 0.5) is 0 Å². The van der Waals surface area contributed by atoms with Crippen molar-refractivity contribution in [1.29, 1.82) is 0 Å². The number of carbonyl (C=O) groups excluding carboxylic acids is 4. The molecule has 0 N–H and O–H groups in total. The van der Waals surface area contributed by atoms with E-state index in [1.807, 2.05) is 12.2 Å². The fraction of sp³-hybridized carbons (Fsp3) is 0.400. The number of methoxy groups -OCH3 is 1. The molecule has 1 heterocycles. The Morgan fingerprint density at radius 1 is 1.07 bits per heavy atom. The van der Waals surface area contributed by atoms with E-state index in [-0.39, 0.29) is 30.3 Å². The van der Waals surface area contributed by atoms with Gasteiger partial charge in [0, 0.05) is 0 Å². The first-order valence-electron chi connectivity index (χ1n) is 8.80. The summed E-state index contributed by atoms with van der Waals surface area (Å²) in [5, 5.41) is 0. The van der Waals surface area contributed by atoms with Crippen molar-refractivity contribution in [2.75, 3.05) is 7.11 Å². The van der Waals surface area contributed by atoms with Gasteiger partial charge in [-0.2, -0.15) is 0 Å². The summed E-state index contributed by atoms with van der Waals surface area (Å²) in [4.78, 5) is 49.9. The number of rotatable bonds is 5. The van der Waals surface area contributed by atoms with Gasteiger partial charge in [-0.1, -0.05) is 24.3 Å². The zero-order valence-corrected chi connectivity index (χ0v) is 15.2. The summed E-state index contributed by atoms with van der Waals surface area (Å²) in [6.07, 6.45) is 4.85. The second-order valence-corrected chi connectivity index (χ2v) is 6.67. The molecule has 1 aromatic rings. The number of amides is 2. The fourth-order valence-electron chi connectivity index (χ4n) is 3.44. The third kappa shape index (κ3) is 3.63. The smallest absolute Gasteiger partial charge is 0.337 e. The fourth-order valence-corrected chi connectivity index (χ4v) is 3.44. The van der Waals surface area contributed by atoms with Gasteiger partial charge >= 0.3 is 11.9 Å². The number of carbonyl (C=O) groups is 4. The van der Waals surface area contributed by atoms with E-state index in [4.69, 9.17) is 4.74 Å². The van der Waals surface area contributed by atoms with Gasteiger partial charge in [-0.3, -0.25) is 14.5 Å². The second-order valence-electron chi connectivity index (χ2n) is 6.67. The summed E-state index contributed by atoms with van der Waals surface area (Å²) < 4.78 is 9.89. The van der Waals surface area contributed by atoms with Crippen molar-refractivity contribution in [2.45, 2.75) is 32.4 Å². The van der Waals surface area contributed by atoms with Crippen LogP contribution < -0.4 is 0 Å². The Hall–Kier alpha value is -2.96. The lowest BCUT2D eigenvalue weighted by atomic mass is 9.85. The second kappa shape index (κ2) is 7.73. The van der Waals surface area contributed by atoms with Crippen molar-refractivity contribution in [1.82, 2.24) is 4.90 Å². The minimum atomic E-state index is -0.968. The van der Waals surface area contributed by atoms with E-state index < -0.39 is 18.0 Å². The molecule has 1 fully saturated rings. The Labute approximate surface area is 156 Å². The highest BCUT2D eigenvalue weighted by Gasteiger charge is 2.50. The molecule has 2 aliphatic rings. The lowest BCUT2D eigenvalue weighted by molar-refractivity contribution is -0.159. The van der Waals surface area contributed by atoms with Gasteiger partial charge in [0.25, 0.3) is 0 Å². The van der Waals surface area contributed by atoms with E-state index >= 15 is 0 Å². The number of ether oxygens (including phenoxy) is 2. The van der Waals surface area contributed by atoms with Crippen LogP contribution in [-0.4, -0.2) is 41.8 Å². The summed E-state index contributed by atoms with van der Waals surface area (Å²) >= 11 is 0. The molecule has 0 saturated carbocycles. The highest BCUT2D eigenvalue weighted by atomic mass is 16.5. The first-order chi connectivity index (χ1) is 12.9. The van der Waals surface area contributed by atoms with E-state index in [2.05, 4.69) is 4.74 Å². The maximum Gasteiger partial charge on any atom is 0.337 e. The predicted octanol–water partition coefficient (Wildman–Crippen LogP) is 1.86. The lowest BCUT2D eigenvalue weighted by Gasteiger charge is -2.21. The van der Waals surface area contributed by atoms with E-state index in [9.17, 15) is 19.2 Å². The number of likely N-dealkylation sites (tertiary alicyclic amines) is 1. The van der Waals surface area contributed by atoms with Crippen LogP contribution in [0.25, 0.3) is 0 Å². The number of benzene rings is 1. The molecule has 142 valence electrons. The van der Waals surface area contributed by atoms with Crippen LogP contribution in [0.2, 0.25) is 0 Å². The number of fused-ring (bicyclic) bond motifs is 1. The van der Waals surface area contributed by atoms with Gasteiger partial charge in [0.15, 0.2) is 0 Å². The minimum Gasteiger partial charge on any atom is -0.465 e. The summed E-state index contributed by atoms with van der Waals surface area (Å²) in [7, 11) is 1.30.